The molecule has 0 aliphatic heterocycles. The van der Waals surface area contributed by atoms with Gasteiger partial charge in [-0.3, -0.25) is 4.79 Å². The highest BCUT2D eigenvalue weighted by Crippen LogP contribution is 2.17. The summed E-state index contributed by atoms with van der Waals surface area (Å²) < 4.78 is 10.8. The maximum atomic E-state index is 11.8. The van der Waals surface area contributed by atoms with Crippen molar-refractivity contribution in [3.05, 3.63) is 71.8 Å². The van der Waals surface area contributed by atoms with Gasteiger partial charge in [-0.2, -0.15) is 0 Å². The molecule has 1 heterocycles. The van der Waals surface area contributed by atoms with E-state index < -0.39 is 0 Å². The second-order valence-corrected chi connectivity index (χ2v) is 6.00. The van der Waals surface area contributed by atoms with E-state index in [4.69, 9.17) is 21.1 Å². The summed E-state index contributed by atoms with van der Waals surface area (Å²) in [5.74, 6) is 0.750. The largest absolute Gasteiger partial charge is 0.484 e. The molecular formula is C20H18ClN3O3. The lowest BCUT2D eigenvalue weighted by Gasteiger charge is -2.08. The third-order valence-electron chi connectivity index (χ3n) is 3.57. The first kappa shape index (κ1) is 18.7. The van der Waals surface area contributed by atoms with Crippen molar-refractivity contribution >= 4 is 17.5 Å². The quantitative estimate of drug-likeness (QED) is 0.604. The molecule has 0 saturated heterocycles. The van der Waals surface area contributed by atoms with Crippen LogP contribution in [0.2, 0.25) is 5.02 Å². The Hall–Kier alpha value is -3.12. The van der Waals surface area contributed by atoms with Crippen LogP contribution in [0.3, 0.4) is 0 Å². The van der Waals surface area contributed by atoms with E-state index in [1.54, 1.807) is 30.3 Å². The Labute approximate surface area is 162 Å². The number of amides is 1. The van der Waals surface area contributed by atoms with Crippen molar-refractivity contribution in [3.8, 4) is 22.9 Å². The molecule has 138 valence electrons. The molecule has 0 bridgehead atoms. The Kier molecular flexibility index (Phi) is 6.60. The number of hydrogen-bond acceptors (Lipinski definition) is 5. The van der Waals surface area contributed by atoms with E-state index in [1.165, 1.54) is 0 Å². The summed E-state index contributed by atoms with van der Waals surface area (Å²) in [6, 6.07) is 20.2. The van der Waals surface area contributed by atoms with Gasteiger partial charge in [-0.15, -0.1) is 10.2 Å². The van der Waals surface area contributed by atoms with Gasteiger partial charge in [-0.25, -0.2) is 0 Å². The van der Waals surface area contributed by atoms with Crippen LogP contribution in [0.15, 0.2) is 66.7 Å². The van der Waals surface area contributed by atoms with E-state index in [9.17, 15) is 4.79 Å². The van der Waals surface area contributed by atoms with Gasteiger partial charge in [0.2, 0.25) is 5.88 Å². The predicted octanol–water partition coefficient (Wildman–Crippen LogP) is 3.37. The molecule has 3 aromatic rings. The number of aromatic nitrogens is 2. The SMILES string of the molecule is O=C(COc1ccc(Cl)cc1)NCCOc1ccc(-c2ccccc2)nn1. The summed E-state index contributed by atoms with van der Waals surface area (Å²) >= 11 is 5.79. The monoisotopic (exact) mass is 383 g/mol. The van der Waals surface area contributed by atoms with Crippen LogP contribution in [0.1, 0.15) is 0 Å². The van der Waals surface area contributed by atoms with Gasteiger partial charge in [0.25, 0.3) is 5.91 Å². The lowest BCUT2D eigenvalue weighted by Crippen LogP contribution is -2.32. The Balaban J connectivity index is 1.36. The summed E-state index contributed by atoms with van der Waals surface area (Å²) in [4.78, 5) is 11.8. The van der Waals surface area contributed by atoms with Gasteiger partial charge in [0, 0.05) is 16.7 Å². The van der Waals surface area contributed by atoms with Crippen molar-refractivity contribution in [2.75, 3.05) is 19.8 Å². The standard InChI is InChI=1S/C20H18ClN3O3/c21-16-6-8-17(9-7-16)27-14-19(25)22-12-13-26-20-11-10-18(23-24-20)15-4-2-1-3-5-15/h1-11H,12-14H2,(H,22,25). The predicted molar refractivity (Wildman–Crippen MR) is 103 cm³/mol. The van der Waals surface area contributed by atoms with Gasteiger partial charge in [-0.05, 0) is 30.3 Å². The Morgan fingerprint density at radius 2 is 1.70 bits per heavy atom. The molecule has 6 nitrogen and oxygen atoms in total. The van der Waals surface area contributed by atoms with Crippen LogP contribution in [0.4, 0.5) is 0 Å². The Morgan fingerprint density at radius 1 is 0.926 bits per heavy atom. The Morgan fingerprint density at radius 3 is 2.41 bits per heavy atom. The van der Waals surface area contributed by atoms with Crippen LogP contribution in [0.25, 0.3) is 11.3 Å². The molecule has 1 amide bonds. The molecule has 27 heavy (non-hydrogen) atoms. The lowest BCUT2D eigenvalue weighted by molar-refractivity contribution is -0.123. The van der Waals surface area contributed by atoms with E-state index in [-0.39, 0.29) is 19.1 Å². The van der Waals surface area contributed by atoms with Crippen molar-refractivity contribution < 1.29 is 14.3 Å². The van der Waals surface area contributed by atoms with Crippen molar-refractivity contribution in [2.24, 2.45) is 0 Å². The fourth-order valence-electron chi connectivity index (χ4n) is 2.24. The van der Waals surface area contributed by atoms with Crippen LogP contribution in [0, 0.1) is 0 Å². The molecule has 0 saturated carbocycles. The molecule has 0 spiro atoms. The van der Waals surface area contributed by atoms with E-state index in [0.29, 0.717) is 23.2 Å². The normalized spacial score (nSPS) is 10.3. The minimum Gasteiger partial charge on any atom is -0.484 e. The number of rotatable bonds is 8. The van der Waals surface area contributed by atoms with Crippen LogP contribution >= 0.6 is 11.6 Å². The summed E-state index contributed by atoms with van der Waals surface area (Å²) in [5.41, 5.74) is 1.76. The number of halogens is 1. The number of carbonyl (C=O) groups excluding carboxylic acids is 1. The molecular weight excluding hydrogens is 366 g/mol. The molecule has 0 fully saturated rings. The van der Waals surface area contributed by atoms with Crippen LogP contribution in [0.5, 0.6) is 11.6 Å². The zero-order valence-corrected chi connectivity index (χ0v) is 15.2. The second-order valence-electron chi connectivity index (χ2n) is 5.56. The number of nitrogens with zero attached hydrogens (tertiary/aromatic N) is 2. The number of hydrogen-bond donors (Lipinski definition) is 1. The van der Waals surface area contributed by atoms with Crippen molar-refractivity contribution in [1.29, 1.82) is 0 Å². The van der Waals surface area contributed by atoms with Crippen LogP contribution in [-0.4, -0.2) is 35.9 Å². The lowest BCUT2D eigenvalue weighted by atomic mass is 10.1. The third-order valence-corrected chi connectivity index (χ3v) is 3.82. The van der Waals surface area contributed by atoms with Crippen molar-refractivity contribution in [1.82, 2.24) is 15.5 Å². The maximum absolute atomic E-state index is 11.8. The summed E-state index contributed by atoms with van der Waals surface area (Å²) in [6.07, 6.45) is 0. The second kappa shape index (κ2) is 9.54. The maximum Gasteiger partial charge on any atom is 0.258 e. The van der Waals surface area contributed by atoms with Gasteiger partial charge in [0.05, 0.1) is 12.2 Å². The van der Waals surface area contributed by atoms with E-state index in [2.05, 4.69) is 15.5 Å². The summed E-state index contributed by atoms with van der Waals surface area (Å²) in [7, 11) is 0. The average Bonchev–Trinajstić information content (AvgIpc) is 2.72. The van der Waals surface area contributed by atoms with Gasteiger partial charge >= 0.3 is 0 Å². The highest BCUT2D eigenvalue weighted by atomic mass is 35.5. The highest BCUT2D eigenvalue weighted by Gasteiger charge is 2.04. The Bertz CT molecular complexity index is 856. The van der Waals surface area contributed by atoms with Gasteiger partial charge in [0.1, 0.15) is 12.4 Å². The first-order chi connectivity index (χ1) is 13.2. The van der Waals surface area contributed by atoms with Crippen LogP contribution in [-0.2, 0) is 4.79 Å². The van der Waals surface area contributed by atoms with Crippen molar-refractivity contribution in [3.63, 3.8) is 0 Å². The van der Waals surface area contributed by atoms with Gasteiger partial charge in [0.15, 0.2) is 6.61 Å². The third kappa shape index (κ3) is 5.97. The molecule has 7 heteroatoms. The molecule has 2 aromatic carbocycles. The molecule has 1 N–H and O–H groups in total. The number of benzene rings is 2. The zero-order chi connectivity index (χ0) is 18.9. The minimum atomic E-state index is -0.237. The highest BCUT2D eigenvalue weighted by molar-refractivity contribution is 6.30. The fraction of sp³-hybridized carbons (Fsp3) is 0.150. The first-order valence-electron chi connectivity index (χ1n) is 8.38. The van der Waals surface area contributed by atoms with E-state index >= 15 is 0 Å². The molecule has 0 aliphatic rings. The first-order valence-corrected chi connectivity index (χ1v) is 8.75. The van der Waals surface area contributed by atoms with E-state index in [0.717, 1.165) is 11.3 Å². The summed E-state index contributed by atoms with van der Waals surface area (Å²) in [6.45, 7) is 0.546. The molecule has 0 radical (unpaired) electrons. The smallest absolute Gasteiger partial charge is 0.258 e. The van der Waals surface area contributed by atoms with E-state index in [1.807, 2.05) is 36.4 Å². The molecule has 0 unspecified atom stereocenters. The molecule has 0 atom stereocenters. The molecule has 1 aromatic heterocycles. The fourth-order valence-corrected chi connectivity index (χ4v) is 2.36. The minimum absolute atomic E-state index is 0.0762. The number of ether oxygens (including phenoxy) is 2. The summed E-state index contributed by atoms with van der Waals surface area (Å²) in [5, 5.41) is 11.5. The topological polar surface area (TPSA) is 73.3 Å². The average molecular weight is 384 g/mol. The molecule has 3 rings (SSSR count). The van der Waals surface area contributed by atoms with Gasteiger partial charge in [-0.1, -0.05) is 41.9 Å². The molecule has 0 aliphatic carbocycles. The zero-order valence-electron chi connectivity index (χ0n) is 14.5. The number of carbonyl (C=O) groups is 1. The van der Waals surface area contributed by atoms with Crippen LogP contribution < -0.4 is 14.8 Å². The number of nitrogens with one attached hydrogen (secondary N) is 1. The van der Waals surface area contributed by atoms with Crippen molar-refractivity contribution in [2.45, 2.75) is 0 Å². The van der Waals surface area contributed by atoms with Gasteiger partial charge < -0.3 is 14.8 Å².